The zero-order chi connectivity index (χ0) is 26.4. The van der Waals surface area contributed by atoms with Crippen molar-refractivity contribution >= 4 is 45.8 Å². The lowest BCUT2D eigenvalue weighted by atomic mass is 9.95. The molecule has 1 aliphatic heterocycles. The first-order valence-electron chi connectivity index (χ1n) is 12.0. The highest BCUT2D eigenvalue weighted by atomic mass is 32.2. The van der Waals surface area contributed by atoms with Gasteiger partial charge in [-0.3, -0.25) is 9.59 Å². The number of carbonyl (C=O) groups excluding carboxylic acids is 2. The van der Waals surface area contributed by atoms with E-state index in [0.717, 1.165) is 22.5 Å². The van der Waals surface area contributed by atoms with Gasteiger partial charge in [0.05, 0.1) is 11.3 Å². The fourth-order valence-electron chi connectivity index (χ4n) is 3.98. The normalized spacial score (nSPS) is 14.9. The molecule has 3 N–H and O–H groups in total. The summed E-state index contributed by atoms with van der Waals surface area (Å²) in [7, 11) is 3.97. The maximum absolute atomic E-state index is 13.4. The van der Waals surface area contributed by atoms with E-state index in [9.17, 15) is 9.59 Å². The van der Waals surface area contributed by atoms with Gasteiger partial charge in [-0.2, -0.15) is 0 Å². The number of benzene rings is 3. The number of amides is 2. The molecule has 3 aromatic rings. The largest absolute Gasteiger partial charge is 0.378 e. The molecule has 0 saturated heterocycles. The minimum absolute atomic E-state index is 0.124. The molecule has 1 aliphatic rings. The van der Waals surface area contributed by atoms with Gasteiger partial charge in [-0.15, -0.1) is 0 Å². The van der Waals surface area contributed by atoms with Crippen LogP contribution in [0.4, 0.5) is 17.1 Å². The van der Waals surface area contributed by atoms with Gasteiger partial charge >= 0.3 is 0 Å². The summed E-state index contributed by atoms with van der Waals surface area (Å²) in [5.74, 6) is -0.158. The van der Waals surface area contributed by atoms with Gasteiger partial charge in [-0.1, -0.05) is 54.2 Å². The molecule has 37 heavy (non-hydrogen) atoms. The van der Waals surface area contributed by atoms with Crippen molar-refractivity contribution in [3.05, 3.63) is 101 Å². The quantitative estimate of drug-likeness (QED) is 0.397. The molecule has 0 fully saturated rings. The summed E-state index contributed by atoms with van der Waals surface area (Å²) >= 11 is 1.31. The number of anilines is 3. The summed E-state index contributed by atoms with van der Waals surface area (Å²) in [6.45, 7) is 3.85. The Kier molecular flexibility index (Phi) is 8.30. The van der Waals surface area contributed by atoms with Gasteiger partial charge in [0.25, 0.3) is 5.91 Å². The Balaban J connectivity index is 1.55. The maximum Gasteiger partial charge on any atom is 0.255 e. The Bertz CT molecular complexity index is 1330. The third-order valence-corrected chi connectivity index (χ3v) is 6.75. The smallest absolute Gasteiger partial charge is 0.255 e. The van der Waals surface area contributed by atoms with Crippen LogP contribution in [-0.2, 0) is 9.59 Å². The highest BCUT2D eigenvalue weighted by molar-refractivity contribution is 8.14. The van der Waals surface area contributed by atoms with E-state index in [1.165, 1.54) is 11.8 Å². The fourth-order valence-corrected chi connectivity index (χ4v) is 4.73. The molecule has 0 saturated carbocycles. The lowest BCUT2D eigenvalue weighted by Crippen LogP contribution is -2.32. The number of hydrogen-bond donors (Lipinski definition) is 3. The Morgan fingerprint density at radius 1 is 0.919 bits per heavy atom. The van der Waals surface area contributed by atoms with Crippen LogP contribution in [0.25, 0.3) is 0 Å². The topological polar surface area (TPSA) is 85.8 Å². The molecule has 3 aromatic carbocycles. The van der Waals surface area contributed by atoms with E-state index in [1.807, 2.05) is 112 Å². The summed E-state index contributed by atoms with van der Waals surface area (Å²) in [5.41, 5.74) is 5.74. The third kappa shape index (κ3) is 6.80. The van der Waals surface area contributed by atoms with Crippen molar-refractivity contribution in [3.8, 4) is 0 Å². The van der Waals surface area contributed by atoms with E-state index >= 15 is 0 Å². The number of rotatable bonds is 7. The molecule has 190 valence electrons. The van der Waals surface area contributed by atoms with Crippen LogP contribution in [-0.4, -0.2) is 36.8 Å². The molecule has 0 spiro atoms. The molecule has 4 rings (SSSR count). The van der Waals surface area contributed by atoms with Gasteiger partial charge in [0.1, 0.15) is 6.04 Å². The van der Waals surface area contributed by atoms with Crippen LogP contribution in [0.3, 0.4) is 0 Å². The van der Waals surface area contributed by atoms with E-state index in [4.69, 9.17) is 4.99 Å². The zero-order valence-electron chi connectivity index (χ0n) is 21.4. The average molecular weight is 514 g/mol. The highest BCUT2D eigenvalue weighted by Crippen LogP contribution is 2.34. The van der Waals surface area contributed by atoms with Gasteiger partial charge in [0, 0.05) is 36.9 Å². The molecule has 1 atom stereocenters. The lowest BCUT2D eigenvalue weighted by Gasteiger charge is -2.26. The number of nitrogens with zero attached hydrogens (tertiary/aromatic N) is 2. The third-order valence-electron chi connectivity index (χ3n) is 5.86. The number of amidine groups is 1. The lowest BCUT2D eigenvalue weighted by molar-refractivity contribution is -0.114. The summed E-state index contributed by atoms with van der Waals surface area (Å²) in [6, 6.07) is 24.5. The van der Waals surface area contributed by atoms with Gasteiger partial charge < -0.3 is 20.9 Å². The Morgan fingerprint density at radius 2 is 1.62 bits per heavy atom. The standard InChI is InChI=1S/C29H31N5O2S/c1-19-9-8-12-23(17-19)31-25(35)18-37-29-30-20(2)26(28(36)32-22-10-6-5-7-11-22)27(33-29)21-13-15-24(16-14-21)34(3)4/h5-17,27H,18H2,1-4H3,(H,30,33)(H,31,35)(H,32,36)/t27-/m1/s1. The summed E-state index contributed by atoms with van der Waals surface area (Å²) < 4.78 is 0. The maximum atomic E-state index is 13.4. The van der Waals surface area contributed by atoms with Crippen LogP contribution >= 0.6 is 11.8 Å². The fraction of sp³-hybridized carbons (Fsp3) is 0.207. The number of aliphatic imine (C=N–C) groups is 1. The number of nitrogens with one attached hydrogen (secondary N) is 3. The molecule has 0 aromatic heterocycles. The van der Waals surface area contributed by atoms with Crippen molar-refractivity contribution in [3.63, 3.8) is 0 Å². The predicted molar refractivity (Wildman–Crippen MR) is 154 cm³/mol. The van der Waals surface area contributed by atoms with E-state index in [-0.39, 0.29) is 17.6 Å². The van der Waals surface area contributed by atoms with Crippen molar-refractivity contribution < 1.29 is 9.59 Å². The second-order valence-corrected chi connectivity index (χ2v) is 9.98. The predicted octanol–water partition coefficient (Wildman–Crippen LogP) is 5.35. The number of allylic oxidation sites excluding steroid dienone is 1. The van der Waals surface area contributed by atoms with Gasteiger partial charge in [0.15, 0.2) is 5.17 Å². The van der Waals surface area contributed by atoms with Crippen LogP contribution in [0.2, 0.25) is 0 Å². The number of hydrogen-bond acceptors (Lipinski definition) is 6. The molecular weight excluding hydrogens is 482 g/mol. The van der Waals surface area contributed by atoms with E-state index in [2.05, 4.69) is 16.0 Å². The molecule has 0 radical (unpaired) electrons. The van der Waals surface area contributed by atoms with Crippen molar-refractivity contribution in [2.75, 3.05) is 35.4 Å². The molecular formula is C29H31N5O2S. The Morgan fingerprint density at radius 3 is 2.30 bits per heavy atom. The summed E-state index contributed by atoms with van der Waals surface area (Å²) in [4.78, 5) is 32.9. The average Bonchev–Trinajstić information content (AvgIpc) is 2.87. The van der Waals surface area contributed by atoms with E-state index in [1.54, 1.807) is 0 Å². The molecule has 8 heteroatoms. The number of aryl methyl sites for hydroxylation is 1. The molecule has 7 nitrogen and oxygen atoms in total. The van der Waals surface area contributed by atoms with Gasteiger partial charge in [0.2, 0.25) is 5.91 Å². The number of para-hydroxylation sites is 1. The van der Waals surface area contributed by atoms with E-state index < -0.39 is 6.04 Å². The Hall–Kier alpha value is -4.04. The van der Waals surface area contributed by atoms with Crippen LogP contribution in [0.5, 0.6) is 0 Å². The Labute approximate surface area is 222 Å². The summed E-state index contributed by atoms with van der Waals surface area (Å²) in [6.07, 6.45) is 0. The highest BCUT2D eigenvalue weighted by Gasteiger charge is 2.30. The molecule has 2 amide bonds. The summed E-state index contributed by atoms with van der Waals surface area (Å²) in [5, 5.41) is 9.73. The minimum atomic E-state index is -0.511. The van der Waals surface area contributed by atoms with Crippen molar-refractivity contribution in [1.29, 1.82) is 0 Å². The molecule has 1 heterocycles. The molecule has 0 aliphatic carbocycles. The van der Waals surface area contributed by atoms with Crippen LogP contribution in [0.15, 0.2) is 95.1 Å². The molecule has 0 bridgehead atoms. The minimum Gasteiger partial charge on any atom is -0.378 e. The number of thioether (sulfide) groups is 1. The zero-order valence-corrected chi connectivity index (χ0v) is 22.2. The van der Waals surface area contributed by atoms with Gasteiger partial charge in [-0.25, -0.2) is 4.99 Å². The first-order chi connectivity index (χ1) is 17.8. The number of carbonyl (C=O) groups is 2. The van der Waals surface area contributed by atoms with Crippen LogP contribution in [0, 0.1) is 6.92 Å². The second kappa shape index (κ2) is 11.8. The monoisotopic (exact) mass is 513 g/mol. The van der Waals surface area contributed by atoms with Crippen molar-refractivity contribution in [2.24, 2.45) is 4.99 Å². The van der Waals surface area contributed by atoms with Crippen LogP contribution in [0.1, 0.15) is 24.1 Å². The first-order valence-corrected chi connectivity index (χ1v) is 13.0. The van der Waals surface area contributed by atoms with E-state index in [0.29, 0.717) is 22.1 Å². The first kappa shape index (κ1) is 26.0. The SMILES string of the molecule is CC1=C(C(=O)Nc2ccccc2)[C@@H](c2ccc(N(C)C)cc2)N=C(SCC(=O)Nc2cccc(C)c2)N1. The van der Waals surface area contributed by atoms with Crippen molar-refractivity contribution in [1.82, 2.24) is 5.32 Å². The van der Waals surface area contributed by atoms with Crippen molar-refractivity contribution in [2.45, 2.75) is 19.9 Å². The van der Waals surface area contributed by atoms with Crippen LogP contribution < -0.4 is 20.9 Å². The van der Waals surface area contributed by atoms with Gasteiger partial charge in [-0.05, 0) is 61.4 Å². The molecule has 0 unspecified atom stereocenters. The second-order valence-electron chi connectivity index (χ2n) is 9.01.